The Bertz CT molecular complexity index is 402. The van der Waals surface area contributed by atoms with E-state index in [1.165, 1.54) is 5.56 Å². The minimum absolute atomic E-state index is 0.191. The molecule has 3 heteroatoms. The molecule has 0 saturated heterocycles. The molecule has 0 N–H and O–H groups in total. The van der Waals surface area contributed by atoms with E-state index in [0.717, 1.165) is 18.4 Å². The van der Waals surface area contributed by atoms with Crippen LogP contribution >= 0.6 is 0 Å². The molecule has 0 radical (unpaired) electrons. The first kappa shape index (κ1) is 17.2. The molecule has 0 aliphatic carbocycles. The lowest BCUT2D eigenvalue weighted by atomic mass is 9.87. The summed E-state index contributed by atoms with van der Waals surface area (Å²) in [5, 5.41) is 0. The van der Waals surface area contributed by atoms with Gasteiger partial charge < -0.3 is 9.16 Å². The number of ether oxygens (including phenoxy) is 1. The first-order valence-corrected chi connectivity index (χ1v) is 10.6. The van der Waals surface area contributed by atoms with E-state index in [1.807, 2.05) is 0 Å². The zero-order chi connectivity index (χ0) is 15.4. The third-order valence-electron chi connectivity index (χ3n) is 3.27. The molecule has 0 heterocycles. The molecule has 0 spiro atoms. The largest absolute Gasteiger partial charge is 0.544 e. The normalized spacial score (nSPS) is 12.8. The minimum Gasteiger partial charge on any atom is -0.544 e. The summed E-state index contributed by atoms with van der Waals surface area (Å²) in [5.41, 5.74) is 1.53. The molecule has 1 rings (SSSR count). The summed E-state index contributed by atoms with van der Waals surface area (Å²) < 4.78 is 11.8. The highest BCUT2D eigenvalue weighted by Crippen LogP contribution is 2.26. The van der Waals surface area contributed by atoms with E-state index in [4.69, 9.17) is 9.16 Å². The lowest BCUT2D eigenvalue weighted by molar-refractivity contribution is 0.0882. The Morgan fingerprint density at radius 3 is 2.05 bits per heavy atom. The van der Waals surface area contributed by atoms with Crippen molar-refractivity contribution in [3.05, 3.63) is 29.8 Å². The average molecular weight is 295 g/mol. The number of rotatable bonds is 6. The fourth-order valence-electron chi connectivity index (χ4n) is 1.93. The fourth-order valence-corrected chi connectivity index (χ4v) is 3.42. The van der Waals surface area contributed by atoms with E-state index in [1.54, 1.807) is 0 Å². The molecule has 0 aromatic heterocycles. The van der Waals surface area contributed by atoms with Crippen molar-refractivity contribution in [2.24, 2.45) is 0 Å². The Hall–Kier alpha value is -0.803. The van der Waals surface area contributed by atoms with Crippen molar-refractivity contribution in [2.75, 3.05) is 6.61 Å². The highest BCUT2D eigenvalue weighted by molar-refractivity contribution is 6.71. The van der Waals surface area contributed by atoms with E-state index < -0.39 is 8.32 Å². The highest BCUT2D eigenvalue weighted by Gasteiger charge is 2.24. The number of benzene rings is 1. The van der Waals surface area contributed by atoms with E-state index in [-0.39, 0.29) is 5.41 Å². The Labute approximate surface area is 125 Å². The van der Waals surface area contributed by atoms with Crippen LogP contribution in [0.1, 0.15) is 40.2 Å². The monoisotopic (exact) mass is 294 g/mol. The van der Waals surface area contributed by atoms with Gasteiger partial charge in [-0.25, -0.2) is 0 Å². The van der Waals surface area contributed by atoms with Crippen molar-refractivity contribution in [1.29, 1.82) is 0 Å². The standard InChI is InChI=1S/C17H30O2Si/c1-14(2)18-12-13-20(6,7)19-16-10-8-15(9-11-16)17(3,4)5/h8-11,14H,12-13H2,1-7H3. The predicted molar refractivity (Wildman–Crippen MR) is 89.1 cm³/mol. The van der Waals surface area contributed by atoms with Gasteiger partial charge in [0.2, 0.25) is 8.32 Å². The maximum absolute atomic E-state index is 6.21. The molecule has 0 unspecified atom stereocenters. The molecule has 1 aromatic rings. The van der Waals surface area contributed by atoms with Gasteiger partial charge in [0.15, 0.2) is 0 Å². The average Bonchev–Trinajstić information content (AvgIpc) is 2.26. The predicted octanol–water partition coefficient (Wildman–Crippen LogP) is 4.99. The van der Waals surface area contributed by atoms with Crippen LogP contribution in [-0.2, 0) is 10.2 Å². The van der Waals surface area contributed by atoms with Crippen LogP contribution in [0.2, 0.25) is 19.1 Å². The molecule has 0 aliphatic heterocycles. The molecule has 0 saturated carbocycles. The Kier molecular flexibility index (Phi) is 5.84. The van der Waals surface area contributed by atoms with Crippen LogP contribution in [0.3, 0.4) is 0 Å². The molecular formula is C17H30O2Si. The van der Waals surface area contributed by atoms with Crippen LogP contribution in [0.25, 0.3) is 0 Å². The molecular weight excluding hydrogens is 264 g/mol. The van der Waals surface area contributed by atoms with Gasteiger partial charge in [0.25, 0.3) is 0 Å². The Morgan fingerprint density at radius 1 is 1.05 bits per heavy atom. The van der Waals surface area contributed by atoms with Gasteiger partial charge in [0, 0.05) is 12.7 Å². The maximum Gasteiger partial charge on any atom is 0.247 e. The minimum atomic E-state index is -1.70. The summed E-state index contributed by atoms with van der Waals surface area (Å²) >= 11 is 0. The summed E-state index contributed by atoms with van der Waals surface area (Å²) in [7, 11) is -1.70. The van der Waals surface area contributed by atoms with Crippen molar-refractivity contribution >= 4 is 8.32 Å². The molecule has 1 aromatic carbocycles. The molecule has 0 amide bonds. The van der Waals surface area contributed by atoms with Crippen LogP contribution in [0.15, 0.2) is 24.3 Å². The van der Waals surface area contributed by atoms with Crippen molar-refractivity contribution in [3.63, 3.8) is 0 Å². The third kappa shape index (κ3) is 6.10. The second-order valence-electron chi connectivity index (χ2n) is 7.31. The van der Waals surface area contributed by atoms with Crippen molar-refractivity contribution < 1.29 is 9.16 Å². The molecule has 0 bridgehead atoms. The Balaban J connectivity index is 2.59. The van der Waals surface area contributed by atoms with Gasteiger partial charge >= 0.3 is 0 Å². The van der Waals surface area contributed by atoms with Gasteiger partial charge in [-0.05, 0) is 50.1 Å². The van der Waals surface area contributed by atoms with Crippen molar-refractivity contribution in [1.82, 2.24) is 0 Å². The lowest BCUT2D eigenvalue weighted by Gasteiger charge is -2.25. The SMILES string of the molecule is CC(C)OCC[Si](C)(C)Oc1ccc(C(C)(C)C)cc1. The quantitative estimate of drug-likeness (QED) is 0.688. The number of hydrogen-bond donors (Lipinski definition) is 0. The summed E-state index contributed by atoms with van der Waals surface area (Å²) in [6, 6.07) is 9.55. The molecule has 114 valence electrons. The molecule has 20 heavy (non-hydrogen) atoms. The zero-order valence-electron chi connectivity index (χ0n) is 14.1. The Morgan fingerprint density at radius 2 is 1.60 bits per heavy atom. The second kappa shape index (κ2) is 6.77. The zero-order valence-corrected chi connectivity index (χ0v) is 15.1. The summed E-state index contributed by atoms with van der Waals surface area (Å²) in [4.78, 5) is 0. The summed E-state index contributed by atoms with van der Waals surface area (Å²) in [6.45, 7) is 16.1. The van der Waals surface area contributed by atoms with Crippen LogP contribution in [0, 0.1) is 0 Å². The first-order valence-electron chi connectivity index (χ1n) is 7.51. The second-order valence-corrected chi connectivity index (χ2v) is 11.5. The van der Waals surface area contributed by atoms with E-state index >= 15 is 0 Å². The van der Waals surface area contributed by atoms with Crippen LogP contribution in [0.4, 0.5) is 0 Å². The molecule has 2 nitrogen and oxygen atoms in total. The van der Waals surface area contributed by atoms with Crippen LogP contribution in [-0.4, -0.2) is 21.0 Å². The maximum atomic E-state index is 6.21. The van der Waals surface area contributed by atoms with Crippen molar-refractivity contribution in [2.45, 2.75) is 65.3 Å². The van der Waals surface area contributed by atoms with Gasteiger partial charge in [-0.3, -0.25) is 0 Å². The van der Waals surface area contributed by atoms with Gasteiger partial charge in [-0.1, -0.05) is 32.9 Å². The van der Waals surface area contributed by atoms with Gasteiger partial charge in [-0.15, -0.1) is 0 Å². The van der Waals surface area contributed by atoms with Crippen LogP contribution < -0.4 is 4.43 Å². The topological polar surface area (TPSA) is 18.5 Å². The van der Waals surface area contributed by atoms with Gasteiger partial charge in [0.1, 0.15) is 5.75 Å². The van der Waals surface area contributed by atoms with E-state index in [2.05, 4.69) is 72.0 Å². The lowest BCUT2D eigenvalue weighted by Crippen LogP contribution is -2.35. The fraction of sp³-hybridized carbons (Fsp3) is 0.647. The van der Waals surface area contributed by atoms with Gasteiger partial charge in [-0.2, -0.15) is 0 Å². The molecule has 0 fully saturated rings. The molecule has 0 atom stereocenters. The summed E-state index contributed by atoms with van der Waals surface area (Å²) in [6.07, 6.45) is 0.297. The first-order chi connectivity index (χ1) is 9.10. The summed E-state index contributed by atoms with van der Waals surface area (Å²) in [5.74, 6) is 0.985. The van der Waals surface area contributed by atoms with E-state index in [0.29, 0.717) is 6.10 Å². The van der Waals surface area contributed by atoms with Gasteiger partial charge in [0.05, 0.1) is 6.10 Å². The third-order valence-corrected chi connectivity index (χ3v) is 5.47. The molecule has 0 aliphatic rings. The smallest absolute Gasteiger partial charge is 0.247 e. The highest BCUT2D eigenvalue weighted by atomic mass is 28.4. The number of hydrogen-bond acceptors (Lipinski definition) is 2. The van der Waals surface area contributed by atoms with Crippen LogP contribution in [0.5, 0.6) is 5.75 Å². The van der Waals surface area contributed by atoms with Crippen molar-refractivity contribution in [3.8, 4) is 5.75 Å². The van der Waals surface area contributed by atoms with E-state index in [9.17, 15) is 0 Å².